The molecule has 0 fully saturated rings. The molecule has 0 saturated heterocycles. The summed E-state index contributed by atoms with van der Waals surface area (Å²) in [5.74, 6) is 0.275. The van der Waals surface area contributed by atoms with Crippen LogP contribution in [-0.4, -0.2) is 10.8 Å². The zero-order valence-corrected chi connectivity index (χ0v) is 13.2. The van der Waals surface area contributed by atoms with Crippen LogP contribution in [0.1, 0.15) is 23.6 Å². The molecule has 3 nitrogen and oxygen atoms in total. The Kier molecular flexibility index (Phi) is 3.75. The summed E-state index contributed by atoms with van der Waals surface area (Å²) in [5, 5.41) is 16.5. The topological polar surface area (TPSA) is 35.8 Å². The van der Waals surface area contributed by atoms with Gasteiger partial charge in [-0.15, -0.1) is 0 Å². The average molecular weight is 314 g/mol. The Labute approximate surface area is 141 Å². The SMILES string of the molecule is Oc1ccc(C2=NN(c3ccccc3)[C@@H](c3ccccc3)C2)cc1. The van der Waals surface area contributed by atoms with Crippen molar-refractivity contribution in [2.75, 3.05) is 5.01 Å². The molecule has 0 spiro atoms. The third-order valence-corrected chi connectivity index (χ3v) is 4.32. The van der Waals surface area contributed by atoms with Crippen LogP contribution in [0.3, 0.4) is 0 Å². The number of phenols is 1. The quantitative estimate of drug-likeness (QED) is 0.757. The lowest BCUT2D eigenvalue weighted by Crippen LogP contribution is -2.18. The molecule has 0 aromatic heterocycles. The zero-order chi connectivity index (χ0) is 16.4. The molecule has 1 heterocycles. The molecule has 1 atom stereocenters. The summed E-state index contributed by atoms with van der Waals surface area (Å²) in [7, 11) is 0. The van der Waals surface area contributed by atoms with Crippen LogP contribution in [0.4, 0.5) is 5.69 Å². The number of benzene rings is 3. The Balaban J connectivity index is 1.74. The first-order valence-electron chi connectivity index (χ1n) is 8.07. The summed E-state index contributed by atoms with van der Waals surface area (Å²) in [4.78, 5) is 0. The van der Waals surface area contributed by atoms with Crippen LogP contribution in [0.25, 0.3) is 0 Å². The van der Waals surface area contributed by atoms with Crippen molar-refractivity contribution in [2.24, 2.45) is 5.10 Å². The van der Waals surface area contributed by atoms with Crippen molar-refractivity contribution in [2.45, 2.75) is 12.5 Å². The number of rotatable bonds is 3. The minimum atomic E-state index is 0.178. The first-order chi connectivity index (χ1) is 11.8. The highest BCUT2D eigenvalue weighted by molar-refractivity contribution is 6.03. The molecule has 118 valence electrons. The Morgan fingerprint density at radius 3 is 2.08 bits per heavy atom. The number of para-hydroxylation sites is 1. The lowest BCUT2D eigenvalue weighted by atomic mass is 9.98. The number of nitrogens with zero attached hydrogens (tertiary/aromatic N) is 2. The number of hydrogen-bond acceptors (Lipinski definition) is 3. The molecule has 0 amide bonds. The highest BCUT2D eigenvalue weighted by Gasteiger charge is 2.29. The lowest BCUT2D eigenvalue weighted by Gasteiger charge is -2.23. The molecule has 0 radical (unpaired) electrons. The number of hydrogen-bond donors (Lipinski definition) is 1. The number of aromatic hydroxyl groups is 1. The van der Waals surface area contributed by atoms with Gasteiger partial charge in [-0.25, -0.2) is 0 Å². The fourth-order valence-electron chi connectivity index (χ4n) is 3.09. The maximum absolute atomic E-state index is 9.51. The van der Waals surface area contributed by atoms with Crippen molar-refractivity contribution in [3.05, 3.63) is 96.1 Å². The molecule has 0 aliphatic carbocycles. The molecule has 0 saturated carbocycles. The molecular weight excluding hydrogens is 296 g/mol. The normalized spacial score (nSPS) is 16.9. The van der Waals surface area contributed by atoms with Gasteiger partial charge in [-0.3, -0.25) is 5.01 Å². The molecule has 24 heavy (non-hydrogen) atoms. The molecule has 1 aliphatic rings. The Bertz CT molecular complexity index is 842. The molecule has 0 bridgehead atoms. The smallest absolute Gasteiger partial charge is 0.115 e. The van der Waals surface area contributed by atoms with Gasteiger partial charge in [0.05, 0.1) is 17.4 Å². The summed E-state index contributed by atoms with van der Waals surface area (Å²) in [6, 6.07) is 28.2. The van der Waals surface area contributed by atoms with Crippen LogP contribution in [0, 0.1) is 0 Å². The first kappa shape index (κ1) is 14.5. The van der Waals surface area contributed by atoms with Crippen molar-refractivity contribution in [1.29, 1.82) is 0 Å². The van der Waals surface area contributed by atoms with E-state index in [1.54, 1.807) is 12.1 Å². The van der Waals surface area contributed by atoms with Gasteiger partial charge in [0.1, 0.15) is 5.75 Å². The average Bonchev–Trinajstić information content (AvgIpc) is 3.09. The zero-order valence-electron chi connectivity index (χ0n) is 13.2. The lowest BCUT2D eigenvalue weighted by molar-refractivity contribution is 0.475. The summed E-state index contributed by atoms with van der Waals surface area (Å²) >= 11 is 0. The minimum Gasteiger partial charge on any atom is -0.508 e. The van der Waals surface area contributed by atoms with E-state index in [9.17, 15) is 5.11 Å². The first-order valence-corrected chi connectivity index (χ1v) is 8.07. The second-order valence-electron chi connectivity index (χ2n) is 5.90. The van der Waals surface area contributed by atoms with Gasteiger partial charge in [-0.2, -0.15) is 5.10 Å². The van der Waals surface area contributed by atoms with Gasteiger partial charge >= 0.3 is 0 Å². The van der Waals surface area contributed by atoms with E-state index in [2.05, 4.69) is 41.4 Å². The van der Waals surface area contributed by atoms with Crippen LogP contribution in [0.2, 0.25) is 0 Å². The van der Waals surface area contributed by atoms with Gasteiger partial charge in [-0.05, 0) is 47.5 Å². The van der Waals surface area contributed by atoms with Gasteiger partial charge in [0.2, 0.25) is 0 Å². The molecule has 3 aromatic carbocycles. The Hall–Kier alpha value is -3.07. The van der Waals surface area contributed by atoms with E-state index in [1.165, 1.54) is 5.56 Å². The van der Waals surface area contributed by atoms with E-state index >= 15 is 0 Å². The summed E-state index contributed by atoms with van der Waals surface area (Å²) < 4.78 is 0. The van der Waals surface area contributed by atoms with E-state index in [1.807, 2.05) is 36.4 Å². The number of phenolic OH excluding ortho intramolecular Hbond substituents is 1. The summed E-state index contributed by atoms with van der Waals surface area (Å²) in [5.41, 5.74) is 4.42. The monoisotopic (exact) mass is 314 g/mol. The summed E-state index contributed by atoms with van der Waals surface area (Å²) in [6.45, 7) is 0. The third-order valence-electron chi connectivity index (χ3n) is 4.32. The number of anilines is 1. The van der Waals surface area contributed by atoms with Crippen LogP contribution in [-0.2, 0) is 0 Å². The van der Waals surface area contributed by atoms with E-state index in [4.69, 9.17) is 5.10 Å². The van der Waals surface area contributed by atoms with Crippen molar-refractivity contribution in [3.63, 3.8) is 0 Å². The molecule has 0 unspecified atom stereocenters. The molecule has 1 aliphatic heterocycles. The van der Waals surface area contributed by atoms with Gasteiger partial charge in [0, 0.05) is 6.42 Å². The van der Waals surface area contributed by atoms with E-state index in [-0.39, 0.29) is 11.8 Å². The maximum atomic E-state index is 9.51. The Morgan fingerprint density at radius 1 is 0.792 bits per heavy atom. The molecule has 3 aromatic rings. The minimum absolute atomic E-state index is 0.178. The van der Waals surface area contributed by atoms with E-state index < -0.39 is 0 Å². The summed E-state index contributed by atoms with van der Waals surface area (Å²) in [6.07, 6.45) is 0.837. The Morgan fingerprint density at radius 2 is 1.42 bits per heavy atom. The van der Waals surface area contributed by atoms with Crippen molar-refractivity contribution in [1.82, 2.24) is 0 Å². The van der Waals surface area contributed by atoms with Gasteiger partial charge < -0.3 is 5.11 Å². The van der Waals surface area contributed by atoms with Gasteiger partial charge in [0.25, 0.3) is 0 Å². The van der Waals surface area contributed by atoms with Crippen LogP contribution >= 0.6 is 0 Å². The van der Waals surface area contributed by atoms with Gasteiger partial charge in [0.15, 0.2) is 0 Å². The predicted octanol–water partition coefficient (Wildman–Crippen LogP) is 4.75. The van der Waals surface area contributed by atoms with Crippen molar-refractivity contribution >= 4 is 11.4 Å². The molecular formula is C21H18N2O. The van der Waals surface area contributed by atoms with Crippen LogP contribution in [0.15, 0.2) is 90.0 Å². The fourth-order valence-corrected chi connectivity index (χ4v) is 3.09. The van der Waals surface area contributed by atoms with E-state index in [0.29, 0.717) is 0 Å². The van der Waals surface area contributed by atoms with Crippen LogP contribution in [0.5, 0.6) is 5.75 Å². The van der Waals surface area contributed by atoms with Gasteiger partial charge in [-0.1, -0.05) is 48.5 Å². The number of hydrazone groups is 1. The maximum Gasteiger partial charge on any atom is 0.115 e. The molecule has 4 rings (SSSR count). The van der Waals surface area contributed by atoms with Crippen molar-refractivity contribution in [3.8, 4) is 5.75 Å². The third kappa shape index (κ3) is 2.76. The van der Waals surface area contributed by atoms with Crippen LogP contribution < -0.4 is 5.01 Å². The molecule has 3 heteroatoms. The largest absolute Gasteiger partial charge is 0.508 e. The fraction of sp³-hybridized carbons (Fsp3) is 0.0952. The second-order valence-corrected chi connectivity index (χ2v) is 5.90. The van der Waals surface area contributed by atoms with Crippen molar-refractivity contribution < 1.29 is 5.11 Å². The molecule has 1 N–H and O–H groups in total. The highest BCUT2D eigenvalue weighted by Crippen LogP contribution is 2.36. The predicted molar refractivity (Wildman–Crippen MR) is 97.4 cm³/mol. The highest BCUT2D eigenvalue weighted by atomic mass is 16.3. The van der Waals surface area contributed by atoms with E-state index in [0.717, 1.165) is 23.4 Å². The second kappa shape index (κ2) is 6.20. The standard InChI is InChI=1S/C21H18N2O/c24-19-13-11-16(12-14-19)20-15-21(17-7-3-1-4-8-17)23(22-20)18-9-5-2-6-10-18/h1-14,21,24H,15H2/t21-/m1/s1.